The standard InChI is InChI=1S/C20H36O2/c1-2-3-4-5-6-9-13-18-15-12-16-19(18)14-10-7-8-11-17-20(21)22/h9,13,18-19H,2-8,10-12,14-17H2,1H3,(H,21,22)/b13-9+. The lowest BCUT2D eigenvalue weighted by Gasteiger charge is -2.16. The molecule has 0 saturated heterocycles. The third kappa shape index (κ3) is 9.27. The van der Waals surface area contributed by atoms with Crippen LogP contribution in [0.5, 0.6) is 0 Å². The predicted octanol–water partition coefficient (Wildman–Crippen LogP) is 6.35. The molecule has 0 aromatic carbocycles. The lowest BCUT2D eigenvalue weighted by Crippen LogP contribution is -2.05. The van der Waals surface area contributed by atoms with Crippen molar-refractivity contribution in [1.29, 1.82) is 0 Å². The van der Waals surface area contributed by atoms with Crippen LogP contribution in [-0.2, 0) is 4.79 Å². The van der Waals surface area contributed by atoms with Crippen molar-refractivity contribution in [1.82, 2.24) is 0 Å². The summed E-state index contributed by atoms with van der Waals surface area (Å²) in [4.78, 5) is 10.5. The Balaban J connectivity index is 2.07. The molecule has 2 nitrogen and oxygen atoms in total. The van der Waals surface area contributed by atoms with Crippen molar-refractivity contribution in [3.63, 3.8) is 0 Å². The molecule has 1 aliphatic carbocycles. The zero-order chi connectivity index (χ0) is 16.0. The van der Waals surface area contributed by atoms with E-state index in [1.54, 1.807) is 0 Å². The smallest absolute Gasteiger partial charge is 0.303 e. The highest BCUT2D eigenvalue weighted by atomic mass is 16.4. The third-order valence-electron chi connectivity index (χ3n) is 5.04. The number of rotatable bonds is 13. The summed E-state index contributed by atoms with van der Waals surface area (Å²) in [5.74, 6) is 1.07. The molecule has 0 aliphatic heterocycles. The van der Waals surface area contributed by atoms with Gasteiger partial charge >= 0.3 is 5.97 Å². The number of aliphatic carboxylic acids is 1. The van der Waals surface area contributed by atoms with Gasteiger partial charge in [-0.05, 0) is 50.4 Å². The Hall–Kier alpha value is -0.790. The molecule has 0 bridgehead atoms. The normalized spacial score (nSPS) is 21.7. The lowest BCUT2D eigenvalue weighted by molar-refractivity contribution is -0.137. The van der Waals surface area contributed by atoms with E-state index in [0.29, 0.717) is 6.42 Å². The fourth-order valence-electron chi connectivity index (χ4n) is 3.67. The van der Waals surface area contributed by atoms with Crippen LogP contribution in [0.3, 0.4) is 0 Å². The minimum Gasteiger partial charge on any atom is -0.481 e. The van der Waals surface area contributed by atoms with Gasteiger partial charge in [-0.25, -0.2) is 0 Å². The van der Waals surface area contributed by atoms with Gasteiger partial charge in [0.15, 0.2) is 0 Å². The van der Waals surface area contributed by atoms with Gasteiger partial charge in [-0.3, -0.25) is 4.79 Å². The van der Waals surface area contributed by atoms with Gasteiger partial charge in [-0.1, -0.05) is 64.0 Å². The first-order chi connectivity index (χ1) is 10.7. The fourth-order valence-corrected chi connectivity index (χ4v) is 3.67. The fraction of sp³-hybridized carbons (Fsp3) is 0.850. The van der Waals surface area contributed by atoms with E-state index < -0.39 is 5.97 Å². The highest BCUT2D eigenvalue weighted by molar-refractivity contribution is 5.66. The van der Waals surface area contributed by atoms with Crippen LogP contribution in [-0.4, -0.2) is 11.1 Å². The van der Waals surface area contributed by atoms with Crippen molar-refractivity contribution in [2.45, 2.75) is 96.8 Å². The minimum absolute atomic E-state index is 0.340. The Labute approximate surface area is 137 Å². The molecule has 0 aromatic rings. The Kier molecular flexibility index (Phi) is 11.1. The summed E-state index contributed by atoms with van der Waals surface area (Å²) >= 11 is 0. The number of unbranched alkanes of at least 4 members (excludes halogenated alkanes) is 7. The maximum atomic E-state index is 10.5. The molecular formula is C20H36O2. The Morgan fingerprint density at radius 1 is 1.05 bits per heavy atom. The zero-order valence-electron chi connectivity index (χ0n) is 14.6. The topological polar surface area (TPSA) is 37.3 Å². The molecule has 0 spiro atoms. The Morgan fingerprint density at radius 2 is 1.82 bits per heavy atom. The number of hydrogen-bond acceptors (Lipinski definition) is 1. The van der Waals surface area contributed by atoms with Gasteiger partial charge in [-0.2, -0.15) is 0 Å². The molecule has 0 aromatic heterocycles. The summed E-state index contributed by atoms with van der Waals surface area (Å²) in [7, 11) is 0. The highest BCUT2D eigenvalue weighted by Gasteiger charge is 2.24. The van der Waals surface area contributed by atoms with E-state index >= 15 is 0 Å². The van der Waals surface area contributed by atoms with Crippen LogP contribution < -0.4 is 0 Å². The number of allylic oxidation sites excluding steroid dienone is 2. The van der Waals surface area contributed by atoms with Crippen LogP contribution in [0.25, 0.3) is 0 Å². The van der Waals surface area contributed by atoms with Gasteiger partial charge in [0, 0.05) is 6.42 Å². The van der Waals surface area contributed by atoms with Crippen molar-refractivity contribution >= 4 is 5.97 Å². The van der Waals surface area contributed by atoms with Gasteiger partial charge in [0.05, 0.1) is 0 Å². The van der Waals surface area contributed by atoms with Crippen LogP contribution in [0.2, 0.25) is 0 Å². The second-order valence-electron chi connectivity index (χ2n) is 6.98. The molecule has 0 radical (unpaired) electrons. The van der Waals surface area contributed by atoms with E-state index in [0.717, 1.165) is 24.7 Å². The van der Waals surface area contributed by atoms with Crippen LogP contribution in [0.4, 0.5) is 0 Å². The van der Waals surface area contributed by atoms with Crippen molar-refractivity contribution in [2.75, 3.05) is 0 Å². The summed E-state index contributed by atoms with van der Waals surface area (Å²) in [5.41, 5.74) is 0. The van der Waals surface area contributed by atoms with E-state index in [1.165, 1.54) is 70.6 Å². The molecule has 22 heavy (non-hydrogen) atoms. The first-order valence-electron chi connectivity index (χ1n) is 9.62. The molecule has 0 heterocycles. The van der Waals surface area contributed by atoms with Crippen LogP contribution in [0.15, 0.2) is 12.2 Å². The van der Waals surface area contributed by atoms with Crippen molar-refractivity contribution in [3.05, 3.63) is 12.2 Å². The first-order valence-corrected chi connectivity index (χ1v) is 9.62. The molecule has 0 amide bonds. The van der Waals surface area contributed by atoms with Crippen LogP contribution >= 0.6 is 0 Å². The molecule has 128 valence electrons. The summed E-state index contributed by atoms with van der Waals surface area (Å²) in [6, 6.07) is 0. The van der Waals surface area contributed by atoms with Gasteiger partial charge in [0.2, 0.25) is 0 Å². The second kappa shape index (κ2) is 12.7. The molecule has 1 aliphatic rings. The summed E-state index contributed by atoms with van der Waals surface area (Å²) in [5, 5.41) is 8.62. The third-order valence-corrected chi connectivity index (χ3v) is 5.04. The van der Waals surface area contributed by atoms with Crippen molar-refractivity contribution in [2.24, 2.45) is 11.8 Å². The molecule has 2 atom stereocenters. The van der Waals surface area contributed by atoms with E-state index in [1.807, 2.05) is 0 Å². The van der Waals surface area contributed by atoms with Gasteiger partial charge in [0.25, 0.3) is 0 Å². The van der Waals surface area contributed by atoms with Crippen LogP contribution in [0.1, 0.15) is 96.8 Å². The van der Waals surface area contributed by atoms with Gasteiger partial charge < -0.3 is 5.11 Å². The average Bonchev–Trinajstić information content (AvgIpc) is 2.93. The summed E-state index contributed by atoms with van der Waals surface area (Å²) in [6.07, 6.45) is 21.9. The predicted molar refractivity (Wildman–Crippen MR) is 94.1 cm³/mol. The summed E-state index contributed by atoms with van der Waals surface area (Å²) in [6.45, 7) is 2.26. The Bertz CT molecular complexity index is 309. The number of carbonyl (C=O) groups is 1. The number of carboxylic acid groups (broad SMARTS) is 1. The number of carboxylic acids is 1. The maximum Gasteiger partial charge on any atom is 0.303 e. The molecular weight excluding hydrogens is 272 g/mol. The molecule has 1 rings (SSSR count). The zero-order valence-corrected chi connectivity index (χ0v) is 14.6. The van der Waals surface area contributed by atoms with Crippen molar-refractivity contribution < 1.29 is 9.90 Å². The van der Waals surface area contributed by atoms with E-state index in [2.05, 4.69) is 19.1 Å². The maximum absolute atomic E-state index is 10.5. The quantitative estimate of drug-likeness (QED) is 0.318. The lowest BCUT2D eigenvalue weighted by atomic mass is 9.90. The molecule has 2 heteroatoms. The highest BCUT2D eigenvalue weighted by Crippen LogP contribution is 2.36. The Morgan fingerprint density at radius 3 is 2.59 bits per heavy atom. The molecule has 1 fully saturated rings. The minimum atomic E-state index is -0.653. The van der Waals surface area contributed by atoms with Crippen LogP contribution in [0, 0.1) is 11.8 Å². The van der Waals surface area contributed by atoms with E-state index in [-0.39, 0.29) is 0 Å². The monoisotopic (exact) mass is 308 g/mol. The first kappa shape index (κ1) is 19.3. The second-order valence-corrected chi connectivity index (χ2v) is 6.98. The SMILES string of the molecule is CCCCCC/C=C/C1CCCC1CCCCCCC(=O)O. The average molecular weight is 309 g/mol. The van der Waals surface area contributed by atoms with Gasteiger partial charge in [0.1, 0.15) is 0 Å². The molecule has 1 N–H and O–H groups in total. The molecule has 2 unspecified atom stereocenters. The largest absolute Gasteiger partial charge is 0.481 e. The van der Waals surface area contributed by atoms with E-state index in [9.17, 15) is 4.79 Å². The van der Waals surface area contributed by atoms with E-state index in [4.69, 9.17) is 5.11 Å². The van der Waals surface area contributed by atoms with Gasteiger partial charge in [-0.15, -0.1) is 0 Å². The molecule has 1 saturated carbocycles. The number of hydrogen-bond donors (Lipinski definition) is 1. The van der Waals surface area contributed by atoms with Crippen molar-refractivity contribution in [3.8, 4) is 0 Å². The summed E-state index contributed by atoms with van der Waals surface area (Å²) < 4.78 is 0.